The summed E-state index contributed by atoms with van der Waals surface area (Å²) >= 11 is 0. The zero-order valence-corrected chi connectivity index (χ0v) is 12.0. The van der Waals surface area contributed by atoms with Crippen LogP contribution in [-0.4, -0.2) is 34.5 Å². The molecular formula is C2H11KO9P2. The van der Waals surface area contributed by atoms with Crippen LogP contribution in [0, 0.1) is 0 Å². The fraction of sp³-hybridized carbons (Fsp3) is 0. The molecule has 0 aromatic carbocycles. The Morgan fingerprint density at radius 3 is 0.929 bits per heavy atom. The van der Waals surface area contributed by atoms with Crippen LogP contribution in [0.15, 0.2) is 12.8 Å². The summed E-state index contributed by atoms with van der Waals surface area (Å²) in [4.78, 5) is 43.1. The van der Waals surface area contributed by atoms with E-state index in [1.807, 2.05) is 0 Å². The van der Waals surface area contributed by atoms with Crippen LogP contribution in [-0.2, 0) is 9.13 Å². The van der Waals surface area contributed by atoms with Crippen molar-refractivity contribution in [3.63, 3.8) is 0 Å². The van der Waals surface area contributed by atoms with Gasteiger partial charge in [0.1, 0.15) is 0 Å². The number of phosphoric acid groups is 2. The minimum absolute atomic E-state index is 0. The van der Waals surface area contributed by atoms with Crippen LogP contribution in [0.2, 0.25) is 0 Å². The third-order valence-corrected chi connectivity index (χ3v) is 0. The molecule has 0 amide bonds. The molecule has 84 valence electrons. The van der Waals surface area contributed by atoms with Crippen LogP contribution < -0.4 is 51.4 Å². The molecular weight excluding hydrogens is 269 g/mol. The molecule has 0 heterocycles. The Labute approximate surface area is 123 Å². The summed E-state index contributed by atoms with van der Waals surface area (Å²) < 4.78 is 17.8. The van der Waals surface area contributed by atoms with Gasteiger partial charge in [-0.05, 0) is 0 Å². The molecule has 0 aromatic heterocycles. The zero-order chi connectivity index (χ0) is 11.7. The number of rotatable bonds is 0. The predicted octanol–water partition coefficient (Wildman–Crippen LogP) is -4.05. The van der Waals surface area contributed by atoms with E-state index in [1.165, 1.54) is 0 Å². The van der Waals surface area contributed by atoms with Crippen molar-refractivity contribution in [2.75, 3.05) is 0 Å². The normalized spacial score (nSPS) is 9.29. The van der Waals surface area contributed by atoms with Gasteiger partial charge in [-0.1, -0.05) is 6.58 Å². The Hall–Kier alpha value is 1.40. The van der Waals surface area contributed by atoms with E-state index in [-0.39, 0.29) is 52.8 Å². The summed E-state index contributed by atoms with van der Waals surface area (Å²) in [7, 11) is -9.28. The van der Waals surface area contributed by atoms with Gasteiger partial charge >= 0.3 is 67.0 Å². The van der Waals surface area contributed by atoms with Gasteiger partial charge in [0, 0.05) is 0 Å². The molecule has 0 aliphatic heterocycles. The van der Waals surface area contributed by atoms with Gasteiger partial charge in [-0.25, -0.2) is 9.13 Å². The minimum atomic E-state index is -4.64. The Balaban J connectivity index is -0.0000000322. The first-order valence-corrected chi connectivity index (χ1v) is 5.36. The van der Waals surface area contributed by atoms with Crippen molar-refractivity contribution in [1.29, 1.82) is 0 Å². The van der Waals surface area contributed by atoms with E-state index in [4.69, 9.17) is 43.6 Å². The maximum absolute atomic E-state index is 8.88. The van der Waals surface area contributed by atoms with Gasteiger partial charge in [-0.15, -0.1) is 0 Å². The second-order valence-electron chi connectivity index (χ2n) is 1.21. The average Bonchev–Trinajstić information content (AvgIpc) is 1.52. The predicted molar refractivity (Wildman–Crippen MR) is 42.5 cm³/mol. The quantitative estimate of drug-likeness (QED) is 0.132. The first-order valence-electron chi connectivity index (χ1n) is 2.23. The van der Waals surface area contributed by atoms with Gasteiger partial charge in [-0.2, -0.15) is 0 Å². The second-order valence-corrected chi connectivity index (χ2v) is 3.26. The van der Waals surface area contributed by atoms with Gasteiger partial charge in [0.15, 0.2) is 0 Å². The summed E-state index contributed by atoms with van der Waals surface area (Å²) in [6.45, 7) is 2.92. The van der Waals surface area contributed by atoms with E-state index in [0.29, 0.717) is 0 Å². The summed E-state index contributed by atoms with van der Waals surface area (Å²) in [5.74, 6) is 0. The SMILES string of the molecule is C=CO.O=P(O)(O)O.O=P(O)(O)O.[H-].[K+]. The first-order chi connectivity index (χ1) is 5.41. The Morgan fingerprint density at radius 1 is 0.929 bits per heavy atom. The van der Waals surface area contributed by atoms with Crippen molar-refractivity contribution in [1.82, 2.24) is 0 Å². The van der Waals surface area contributed by atoms with Crippen LogP contribution in [0.3, 0.4) is 0 Å². The van der Waals surface area contributed by atoms with Crippen molar-refractivity contribution < 1.29 is 96.4 Å². The van der Waals surface area contributed by atoms with Crippen LogP contribution >= 0.6 is 15.6 Å². The second kappa shape index (κ2) is 12.5. The maximum atomic E-state index is 8.88. The number of aliphatic hydroxyl groups is 1. The molecule has 0 saturated carbocycles. The molecule has 0 saturated heterocycles. The fourth-order valence-corrected chi connectivity index (χ4v) is 0. The van der Waals surface area contributed by atoms with Gasteiger partial charge in [0.25, 0.3) is 0 Å². The largest absolute Gasteiger partial charge is 1.00 e. The molecule has 12 heteroatoms. The molecule has 0 fully saturated rings. The minimum Gasteiger partial charge on any atom is -1.00 e. The zero-order valence-electron chi connectivity index (χ0n) is 8.13. The molecule has 0 aliphatic carbocycles. The van der Waals surface area contributed by atoms with Crippen LogP contribution in [0.25, 0.3) is 0 Å². The maximum Gasteiger partial charge on any atom is 1.00 e. The van der Waals surface area contributed by atoms with E-state index < -0.39 is 15.6 Å². The van der Waals surface area contributed by atoms with Gasteiger partial charge in [0.05, 0.1) is 6.26 Å². The van der Waals surface area contributed by atoms with E-state index in [9.17, 15) is 0 Å². The third-order valence-electron chi connectivity index (χ3n) is 0. The molecule has 0 aromatic rings. The summed E-state index contributed by atoms with van der Waals surface area (Å²) in [6.07, 6.45) is 0.750. The van der Waals surface area contributed by atoms with E-state index in [0.717, 1.165) is 6.26 Å². The van der Waals surface area contributed by atoms with Crippen LogP contribution in [0.4, 0.5) is 0 Å². The van der Waals surface area contributed by atoms with Crippen LogP contribution in [0.1, 0.15) is 1.43 Å². The van der Waals surface area contributed by atoms with Crippen molar-refractivity contribution in [3.8, 4) is 0 Å². The number of hydrogen-bond donors (Lipinski definition) is 7. The summed E-state index contributed by atoms with van der Waals surface area (Å²) in [5, 5.41) is 7.33. The Kier molecular flexibility index (Phi) is 21.9. The molecule has 0 rings (SSSR count). The third kappa shape index (κ3) is 1060. The molecule has 7 N–H and O–H groups in total. The molecule has 0 unspecified atom stereocenters. The van der Waals surface area contributed by atoms with Crippen molar-refractivity contribution >= 4 is 15.6 Å². The summed E-state index contributed by atoms with van der Waals surface area (Å²) in [6, 6.07) is 0. The molecule has 0 bridgehead atoms. The van der Waals surface area contributed by atoms with Gasteiger partial charge in [0.2, 0.25) is 0 Å². The molecule has 0 atom stereocenters. The van der Waals surface area contributed by atoms with Crippen LogP contribution in [0.5, 0.6) is 0 Å². The van der Waals surface area contributed by atoms with Gasteiger partial charge in [-0.3, -0.25) is 0 Å². The Morgan fingerprint density at radius 2 is 0.929 bits per heavy atom. The summed E-state index contributed by atoms with van der Waals surface area (Å²) in [5.41, 5.74) is 0. The molecule has 14 heavy (non-hydrogen) atoms. The number of hydrogen-bond acceptors (Lipinski definition) is 3. The fourth-order valence-electron chi connectivity index (χ4n) is 0. The topological polar surface area (TPSA) is 176 Å². The molecule has 9 nitrogen and oxygen atoms in total. The standard InChI is InChI=1S/C2H4O.K.2H3O4P.H/c1-2-3;;2*1-5(2,3)4;/h2-3H,1H2;;2*(H3,1,2,3,4);/q;+1;;;-1. The Bertz CT molecular complexity index is 172. The molecule has 0 spiro atoms. The van der Waals surface area contributed by atoms with Crippen molar-refractivity contribution in [2.24, 2.45) is 0 Å². The van der Waals surface area contributed by atoms with E-state index in [1.54, 1.807) is 0 Å². The first kappa shape index (κ1) is 24.6. The smallest absolute Gasteiger partial charge is 1.00 e. The average molecular weight is 280 g/mol. The molecule has 0 aliphatic rings. The number of aliphatic hydroxyl groups excluding tert-OH is 1. The van der Waals surface area contributed by atoms with Gasteiger partial charge < -0.3 is 35.9 Å². The monoisotopic (exact) mass is 280 g/mol. The molecule has 0 radical (unpaired) electrons. The van der Waals surface area contributed by atoms with Crippen molar-refractivity contribution in [3.05, 3.63) is 12.8 Å². The van der Waals surface area contributed by atoms with E-state index >= 15 is 0 Å². The van der Waals surface area contributed by atoms with Crippen molar-refractivity contribution in [2.45, 2.75) is 0 Å². The van der Waals surface area contributed by atoms with E-state index in [2.05, 4.69) is 6.58 Å².